The predicted octanol–water partition coefficient (Wildman–Crippen LogP) is 5.11. The second-order valence-electron chi connectivity index (χ2n) is 7.43. The van der Waals surface area contributed by atoms with Gasteiger partial charge in [0.2, 0.25) is 5.95 Å². The Kier molecular flexibility index (Phi) is 5.76. The predicted molar refractivity (Wildman–Crippen MR) is 107 cm³/mol. The molecular weight excluding hydrogens is 396 g/mol. The van der Waals surface area contributed by atoms with Crippen LogP contribution >= 0.6 is 0 Å². The number of hydrogen-bond donors (Lipinski definition) is 2. The first kappa shape index (κ1) is 20.4. The molecule has 8 heteroatoms. The number of anilines is 1. The van der Waals surface area contributed by atoms with Gasteiger partial charge in [0, 0.05) is 25.2 Å². The maximum absolute atomic E-state index is 13.8. The Morgan fingerprint density at radius 3 is 2.60 bits per heavy atom. The maximum atomic E-state index is 13.8. The van der Waals surface area contributed by atoms with E-state index < -0.39 is 11.7 Å². The third-order valence-corrected chi connectivity index (χ3v) is 5.26. The summed E-state index contributed by atoms with van der Waals surface area (Å²) in [6.07, 6.45) is -0.374. The first-order chi connectivity index (χ1) is 14.4. The molecule has 4 nitrogen and oxygen atoms in total. The molecule has 158 valence electrons. The molecule has 1 atom stereocenters. The van der Waals surface area contributed by atoms with Gasteiger partial charge in [-0.05, 0) is 55.3 Å². The van der Waals surface area contributed by atoms with Crippen molar-refractivity contribution in [3.8, 4) is 5.69 Å². The van der Waals surface area contributed by atoms with Crippen LogP contribution < -0.4 is 10.6 Å². The number of nitrogens with one attached hydrogen (secondary N) is 2. The smallest absolute Gasteiger partial charge is 0.351 e. The molecule has 0 saturated carbocycles. The second-order valence-corrected chi connectivity index (χ2v) is 7.43. The number of benzene rings is 2. The number of halogens is 4. The molecule has 0 radical (unpaired) electrons. The van der Waals surface area contributed by atoms with Gasteiger partial charge in [0.1, 0.15) is 5.82 Å². The molecule has 1 aromatic heterocycles. The van der Waals surface area contributed by atoms with E-state index in [2.05, 4.69) is 10.6 Å². The normalized spacial score (nSPS) is 17.1. The molecule has 1 saturated heterocycles. The first-order valence-electron chi connectivity index (χ1n) is 9.86. The Morgan fingerprint density at radius 2 is 1.93 bits per heavy atom. The summed E-state index contributed by atoms with van der Waals surface area (Å²) in [5.74, 6) is 0.442. The van der Waals surface area contributed by atoms with E-state index >= 15 is 0 Å². The number of imidazole rings is 1. The summed E-state index contributed by atoms with van der Waals surface area (Å²) in [6.45, 7) is 2.12. The molecule has 2 heterocycles. The van der Waals surface area contributed by atoms with Crippen LogP contribution in [0.15, 0.2) is 54.7 Å². The fourth-order valence-corrected chi connectivity index (χ4v) is 3.64. The Bertz CT molecular complexity index is 989. The minimum absolute atomic E-state index is 0.264. The summed E-state index contributed by atoms with van der Waals surface area (Å²) in [4.78, 5) is 4.72. The standard InChI is InChI=1S/C22H22F4N4/c23-18-4-1-5-19(11-18)30-14-20(16-3-2-10-27-13-16)29-21(30)28-12-15-6-8-17(9-7-15)22(24,25)26/h1,4-9,11,14,16,27H,2-3,10,12-13H2,(H,28,29). The molecule has 30 heavy (non-hydrogen) atoms. The molecular formula is C22H22F4N4. The van der Waals surface area contributed by atoms with E-state index in [1.165, 1.54) is 24.3 Å². The number of hydrogen-bond acceptors (Lipinski definition) is 3. The van der Waals surface area contributed by atoms with Gasteiger partial charge >= 0.3 is 6.18 Å². The molecule has 3 aromatic rings. The summed E-state index contributed by atoms with van der Waals surface area (Å²) in [6, 6.07) is 11.2. The molecule has 0 aliphatic carbocycles. The van der Waals surface area contributed by atoms with Gasteiger partial charge in [-0.1, -0.05) is 18.2 Å². The van der Waals surface area contributed by atoms with Gasteiger partial charge in [0.15, 0.2) is 0 Å². The lowest BCUT2D eigenvalue weighted by molar-refractivity contribution is -0.137. The fourth-order valence-electron chi connectivity index (χ4n) is 3.64. The highest BCUT2D eigenvalue weighted by Gasteiger charge is 2.30. The van der Waals surface area contributed by atoms with Gasteiger partial charge in [0.05, 0.1) is 16.9 Å². The van der Waals surface area contributed by atoms with E-state index in [1.54, 1.807) is 16.7 Å². The molecule has 1 aliphatic heterocycles. The van der Waals surface area contributed by atoms with E-state index in [4.69, 9.17) is 4.98 Å². The third-order valence-electron chi connectivity index (χ3n) is 5.26. The van der Waals surface area contributed by atoms with Gasteiger partial charge < -0.3 is 10.6 Å². The van der Waals surface area contributed by atoms with Crippen molar-refractivity contribution in [1.82, 2.24) is 14.9 Å². The van der Waals surface area contributed by atoms with Crippen molar-refractivity contribution in [1.29, 1.82) is 0 Å². The molecule has 1 aliphatic rings. The minimum Gasteiger partial charge on any atom is -0.351 e. The lowest BCUT2D eigenvalue weighted by atomic mass is 9.97. The first-order valence-corrected chi connectivity index (χ1v) is 9.86. The van der Waals surface area contributed by atoms with Gasteiger partial charge in [-0.15, -0.1) is 0 Å². The average Bonchev–Trinajstić information content (AvgIpc) is 3.17. The van der Waals surface area contributed by atoms with Crippen LogP contribution in [0.1, 0.15) is 35.6 Å². The van der Waals surface area contributed by atoms with Crippen molar-refractivity contribution in [2.24, 2.45) is 0 Å². The number of nitrogens with zero attached hydrogens (tertiary/aromatic N) is 2. The molecule has 0 amide bonds. The van der Waals surface area contributed by atoms with Gasteiger partial charge in [-0.2, -0.15) is 13.2 Å². The summed E-state index contributed by atoms with van der Waals surface area (Å²) < 4.78 is 53.8. The number of alkyl halides is 3. The van der Waals surface area contributed by atoms with Crippen molar-refractivity contribution in [2.45, 2.75) is 31.5 Å². The van der Waals surface area contributed by atoms with E-state index in [9.17, 15) is 17.6 Å². The summed E-state index contributed by atoms with van der Waals surface area (Å²) in [5.41, 5.74) is 1.55. The van der Waals surface area contributed by atoms with Gasteiger partial charge in [0.25, 0.3) is 0 Å². The highest BCUT2D eigenvalue weighted by atomic mass is 19.4. The number of piperidine rings is 1. The average molecular weight is 418 g/mol. The van der Waals surface area contributed by atoms with Crippen molar-refractivity contribution in [3.63, 3.8) is 0 Å². The summed E-state index contributed by atoms with van der Waals surface area (Å²) in [5, 5.41) is 6.56. The zero-order valence-electron chi connectivity index (χ0n) is 16.2. The van der Waals surface area contributed by atoms with Crippen LogP contribution in [0.5, 0.6) is 0 Å². The Labute approximate surface area is 171 Å². The summed E-state index contributed by atoms with van der Waals surface area (Å²) >= 11 is 0. The van der Waals surface area contributed by atoms with Crippen molar-refractivity contribution < 1.29 is 17.6 Å². The van der Waals surface area contributed by atoms with Crippen LogP contribution in [-0.2, 0) is 12.7 Å². The molecule has 1 fully saturated rings. The number of rotatable bonds is 5. The third kappa shape index (κ3) is 4.64. The topological polar surface area (TPSA) is 41.9 Å². The maximum Gasteiger partial charge on any atom is 0.416 e. The lowest BCUT2D eigenvalue weighted by Crippen LogP contribution is -2.28. The number of aromatic nitrogens is 2. The largest absolute Gasteiger partial charge is 0.416 e. The monoisotopic (exact) mass is 418 g/mol. The van der Waals surface area contributed by atoms with E-state index in [0.29, 0.717) is 23.7 Å². The highest BCUT2D eigenvalue weighted by molar-refractivity contribution is 5.44. The second kappa shape index (κ2) is 8.47. The SMILES string of the molecule is Fc1cccc(-n2cc(C3CCCNC3)nc2NCc2ccc(C(F)(F)F)cc2)c1. The Balaban J connectivity index is 1.58. The minimum atomic E-state index is -4.36. The highest BCUT2D eigenvalue weighted by Crippen LogP contribution is 2.30. The van der Waals surface area contributed by atoms with E-state index in [0.717, 1.165) is 43.8 Å². The zero-order chi connectivity index (χ0) is 21.1. The van der Waals surface area contributed by atoms with Gasteiger partial charge in [-0.25, -0.2) is 9.37 Å². The van der Waals surface area contributed by atoms with Crippen LogP contribution in [0.4, 0.5) is 23.5 Å². The van der Waals surface area contributed by atoms with Crippen LogP contribution in [0.25, 0.3) is 5.69 Å². The molecule has 2 N–H and O–H groups in total. The summed E-state index contributed by atoms with van der Waals surface area (Å²) in [7, 11) is 0. The van der Waals surface area contributed by atoms with E-state index in [-0.39, 0.29) is 11.7 Å². The molecule has 0 spiro atoms. The molecule has 2 aromatic carbocycles. The quantitative estimate of drug-likeness (QED) is 0.566. The van der Waals surface area contributed by atoms with Crippen molar-refractivity contribution in [2.75, 3.05) is 18.4 Å². The fraction of sp³-hybridized carbons (Fsp3) is 0.318. The Hall–Kier alpha value is -2.87. The van der Waals surface area contributed by atoms with Crippen LogP contribution in [0.3, 0.4) is 0 Å². The molecule has 1 unspecified atom stereocenters. The van der Waals surface area contributed by atoms with Crippen molar-refractivity contribution >= 4 is 5.95 Å². The van der Waals surface area contributed by atoms with Crippen LogP contribution in [0, 0.1) is 5.82 Å². The zero-order valence-corrected chi connectivity index (χ0v) is 16.2. The van der Waals surface area contributed by atoms with Crippen LogP contribution in [0.2, 0.25) is 0 Å². The molecule has 4 rings (SSSR count). The van der Waals surface area contributed by atoms with E-state index in [1.807, 2.05) is 6.20 Å². The van der Waals surface area contributed by atoms with Crippen LogP contribution in [-0.4, -0.2) is 22.6 Å². The lowest BCUT2D eigenvalue weighted by Gasteiger charge is -2.20. The Morgan fingerprint density at radius 1 is 1.13 bits per heavy atom. The molecule has 0 bridgehead atoms. The van der Waals surface area contributed by atoms with Crippen molar-refractivity contribution in [3.05, 3.63) is 77.4 Å². The van der Waals surface area contributed by atoms with Gasteiger partial charge in [-0.3, -0.25) is 4.57 Å².